The van der Waals surface area contributed by atoms with Crippen molar-refractivity contribution in [2.45, 2.75) is 20.0 Å². The number of benzene rings is 2. The first kappa shape index (κ1) is 23.1. The van der Waals surface area contributed by atoms with Crippen molar-refractivity contribution in [2.75, 3.05) is 26.2 Å². The molecule has 1 amide bonds. The van der Waals surface area contributed by atoms with Crippen LogP contribution in [0, 0.1) is 0 Å². The Balaban J connectivity index is 1.68. The highest BCUT2D eigenvalue weighted by Crippen LogP contribution is 2.35. The number of methoxy groups -OCH3 is 3. The molecule has 0 saturated heterocycles. The fourth-order valence-corrected chi connectivity index (χ4v) is 3.91. The Morgan fingerprint density at radius 3 is 2.44 bits per heavy atom. The maximum atomic E-state index is 12.3. The maximum Gasteiger partial charge on any atom is 0.310 e. The number of rotatable bonds is 9. The Labute approximate surface area is 190 Å². The average Bonchev–Trinajstić information content (AvgIpc) is 3.26. The molecule has 0 aliphatic rings. The van der Waals surface area contributed by atoms with Gasteiger partial charge in [-0.15, -0.1) is 11.3 Å². The summed E-state index contributed by atoms with van der Waals surface area (Å²) in [6.07, 6.45) is 0.0466. The first-order chi connectivity index (χ1) is 15.5. The highest BCUT2D eigenvalue weighted by atomic mass is 32.1. The molecular weight excluding hydrogens is 432 g/mol. The lowest BCUT2D eigenvalue weighted by molar-refractivity contribution is -0.144. The zero-order valence-electron chi connectivity index (χ0n) is 18.3. The van der Waals surface area contributed by atoms with Gasteiger partial charge in [-0.25, -0.2) is 4.98 Å². The highest BCUT2D eigenvalue weighted by Gasteiger charge is 2.21. The van der Waals surface area contributed by atoms with Gasteiger partial charge in [0.1, 0.15) is 23.9 Å². The second-order valence-electron chi connectivity index (χ2n) is 6.66. The van der Waals surface area contributed by atoms with Gasteiger partial charge in [-0.1, -0.05) is 18.2 Å². The van der Waals surface area contributed by atoms with Crippen molar-refractivity contribution < 1.29 is 28.5 Å². The van der Waals surface area contributed by atoms with Gasteiger partial charge < -0.3 is 18.9 Å². The second kappa shape index (κ2) is 10.6. The number of carbonyl (C=O) groups is 2. The fourth-order valence-electron chi connectivity index (χ4n) is 3.05. The number of hydrogen-bond acceptors (Lipinski definition) is 8. The molecule has 0 atom stereocenters. The van der Waals surface area contributed by atoms with Crippen molar-refractivity contribution in [2.24, 2.45) is 0 Å². The number of ether oxygens (including phenoxy) is 4. The molecule has 1 heterocycles. The van der Waals surface area contributed by atoms with Crippen LogP contribution in [0.2, 0.25) is 0 Å². The van der Waals surface area contributed by atoms with Crippen LogP contribution in [-0.2, 0) is 27.4 Å². The molecule has 32 heavy (non-hydrogen) atoms. The van der Waals surface area contributed by atoms with Crippen LogP contribution in [0.3, 0.4) is 0 Å². The molecule has 0 saturated carbocycles. The Morgan fingerprint density at radius 1 is 1.00 bits per heavy atom. The van der Waals surface area contributed by atoms with E-state index in [9.17, 15) is 9.59 Å². The number of nitrogens with zero attached hydrogens (tertiary/aromatic N) is 2. The summed E-state index contributed by atoms with van der Waals surface area (Å²) in [5.74, 6) is 1.11. The van der Waals surface area contributed by atoms with Crippen LogP contribution >= 0.6 is 11.3 Å². The van der Waals surface area contributed by atoms with Crippen molar-refractivity contribution in [1.29, 1.82) is 0 Å². The number of anilines is 2. The standard InChI is InChI=1S/C23H24N2O6S/c1-15(26)25(19-7-5-6-8-20(19)29-3)23-24-17(14-32-23)13-31-22(27)11-16-9-10-18(28-2)12-21(16)30-4/h5-10,12,14H,11,13H2,1-4H3. The van der Waals surface area contributed by atoms with Gasteiger partial charge in [-0.3, -0.25) is 14.5 Å². The smallest absolute Gasteiger partial charge is 0.310 e. The third-order valence-electron chi connectivity index (χ3n) is 4.58. The molecule has 2 aromatic carbocycles. The lowest BCUT2D eigenvalue weighted by Crippen LogP contribution is -2.23. The van der Waals surface area contributed by atoms with Crippen LogP contribution in [0.5, 0.6) is 17.2 Å². The lowest BCUT2D eigenvalue weighted by atomic mass is 10.1. The van der Waals surface area contributed by atoms with Crippen molar-refractivity contribution in [1.82, 2.24) is 4.98 Å². The monoisotopic (exact) mass is 456 g/mol. The van der Waals surface area contributed by atoms with E-state index in [1.165, 1.54) is 30.3 Å². The van der Waals surface area contributed by atoms with Crippen LogP contribution in [0.4, 0.5) is 10.8 Å². The predicted molar refractivity (Wildman–Crippen MR) is 121 cm³/mol. The summed E-state index contributed by atoms with van der Waals surface area (Å²) in [5.41, 5.74) is 1.82. The predicted octanol–water partition coefficient (Wildman–Crippen LogP) is 4.14. The van der Waals surface area contributed by atoms with Crippen LogP contribution in [0.15, 0.2) is 47.8 Å². The number of aromatic nitrogens is 1. The normalized spacial score (nSPS) is 10.4. The highest BCUT2D eigenvalue weighted by molar-refractivity contribution is 7.14. The van der Waals surface area contributed by atoms with Crippen LogP contribution in [0.1, 0.15) is 18.2 Å². The van der Waals surface area contributed by atoms with Gasteiger partial charge in [0.05, 0.1) is 39.1 Å². The Bertz CT molecular complexity index is 1100. The lowest BCUT2D eigenvalue weighted by Gasteiger charge is -2.20. The summed E-state index contributed by atoms with van der Waals surface area (Å²) >= 11 is 1.28. The summed E-state index contributed by atoms with van der Waals surface area (Å²) in [4.78, 5) is 30.6. The van der Waals surface area contributed by atoms with E-state index in [4.69, 9.17) is 18.9 Å². The Morgan fingerprint density at radius 2 is 1.75 bits per heavy atom. The van der Waals surface area contributed by atoms with E-state index in [-0.39, 0.29) is 18.9 Å². The van der Waals surface area contributed by atoms with Gasteiger partial charge in [0.2, 0.25) is 5.91 Å². The summed E-state index contributed by atoms with van der Waals surface area (Å²) in [5, 5.41) is 2.21. The van der Waals surface area contributed by atoms with Gasteiger partial charge >= 0.3 is 5.97 Å². The zero-order valence-corrected chi connectivity index (χ0v) is 19.1. The van der Waals surface area contributed by atoms with Gasteiger partial charge in [0.15, 0.2) is 5.13 Å². The van der Waals surface area contributed by atoms with E-state index in [0.717, 1.165) is 0 Å². The largest absolute Gasteiger partial charge is 0.497 e. The van der Waals surface area contributed by atoms with Crippen LogP contribution in [0.25, 0.3) is 0 Å². The molecule has 0 radical (unpaired) electrons. The summed E-state index contributed by atoms with van der Waals surface area (Å²) in [6, 6.07) is 12.4. The summed E-state index contributed by atoms with van der Waals surface area (Å²) in [7, 11) is 4.64. The molecule has 0 fully saturated rings. The number of para-hydroxylation sites is 2. The zero-order chi connectivity index (χ0) is 23.1. The molecule has 0 N–H and O–H groups in total. The second-order valence-corrected chi connectivity index (χ2v) is 7.50. The Hall–Kier alpha value is -3.59. The fraction of sp³-hybridized carbons (Fsp3) is 0.261. The van der Waals surface area contributed by atoms with Crippen LogP contribution in [-0.4, -0.2) is 38.2 Å². The first-order valence-electron chi connectivity index (χ1n) is 9.71. The van der Waals surface area contributed by atoms with Crippen molar-refractivity contribution in [3.05, 3.63) is 59.1 Å². The Kier molecular flexibility index (Phi) is 7.67. The molecule has 8 nitrogen and oxygen atoms in total. The van der Waals surface area contributed by atoms with Gasteiger partial charge in [0, 0.05) is 23.9 Å². The number of amides is 1. The molecule has 0 unspecified atom stereocenters. The van der Waals surface area contributed by atoms with E-state index in [2.05, 4.69) is 4.98 Å². The van der Waals surface area contributed by atoms with E-state index < -0.39 is 5.97 Å². The third-order valence-corrected chi connectivity index (χ3v) is 5.46. The van der Waals surface area contributed by atoms with Gasteiger partial charge in [0.25, 0.3) is 0 Å². The summed E-state index contributed by atoms with van der Waals surface area (Å²) in [6.45, 7) is 1.45. The van der Waals surface area contributed by atoms with Crippen molar-refractivity contribution in [3.8, 4) is 17.2 Å². The van der Waals surface area contributed by atoms with E-state index in [0.29, 0.717) is 39.3 Å². The molecule has 0 spiro atoms. The molecule has 9 heteroatoms. The molecule has 0 aliphatic heterocycles. The quantitative estimate of drug-likeness (QED) is 0.447. The van der Waals surface area contributed by atoms with Gasteiger partial charge in [-0.2, -0.15) is 0 Å². The average molecular weight is 457 g/mol. The van der Waals surface area contributed by atoms with Crippen molar-refractivity contribution >= 4 is 34.0 Å². The van der Waals surface area contributed by atoms with Gasteiger partial charge in [-0.05, 0) is 18.2 Å². The first-order valence-corrected chi connectivity index (χ1v) is 10.6. The van der Waals surface area contributed by atoms with E-state index >= 15 is 0 Å². The molecular formula is C23H24N2O6S. The van der Waals surface area contributed by atoms with Crippen molar-refractivity contribution in [3.63, 3.8) is 0 Å². The minimum absolute atomic E-state index is 0.00846. The molecule has 0 aliphatic carbocycles. The number of thiazole rings is 1. The number of hydrogen-bond donors (Lipinski definition) is 0. The molecule has 168 valence electrons. The van der Waals surface area contributed by atoms with E-state index in [1.807, 2.05) is 12.1 Å². The third kappa shape index (κ3) is 5.36. The summed E-state index contributed by atoms with van der Waals surface area (Å²) < 4.78 is 21.2. The molecule has 0 bridgehead atoms. The SMILES string of the molecule is COc1ccc(CC(=O)OCc2csc(N(C(C)=O)c3ccccc3OC)n2)c(OC)c1. The molecule has 3 aromatic rings. The molecule has 3 rings (SSSR count). The van der Waals surface area contributed by atoms with E-state index in [1.54, 1.807) is 49.9 Å². The number of carbonyl (C=O) groups excluding carboxylic acids is 2. The molecule has 1 aromatic heterocycles. The minimum Gasteiger partial charge on any atom is -0.497 e. The minimum atomic E-state index is -0.420. The van der Waals surface area contributed by atoms with Crippen LogP contribution < -0.4 is 19.1 Å². The topological polar surface area (TPSA) is 87.2 Å². The maximum absolute atomic E-state index is 12.3. The number of esters is 1.